The average molecular weight is 152 g/mol. The van der Waals surface area contributed by atoms with Crippen molar-refractivity contribution in [2.24, 2.45) is 11.8 Å². The Hall–Kier alpha value is -0.790. The van der Waals surface area contributed by atoms with Gasteiger partial charge in [-0.1, -0.05) is 6.08 Å². The number of fused-ring (bicyclic) bond motifs is 2. The van der Waals surface area contributed by atoms with Gasteiger partial charge in [-0.05, 0) is 31.1 Å². The number of hydrogen-bond donors (Lipinski definition) is 0. The van der Waals surface area contributed by atoms with Crippen molar-refractivity contribution in [2.45, 2.75) is 19.3 Å². The molecule has 2 aliphatic carbocycles. The number of rotatable bonds is 1. The van der Waals surface area contributed by atoms with Crippen LogP contribution in [0.5, 0.6) is 0 Å². The lowest BCUT2D eigenvalue weighted by atomic mass is 9.99. The summed E-state index contributed by atoms with van der Waals surface area (Å²) in [4.78, 5) is 11.1. The van der Waals surface area contributed by atoms with Crippen molar-refractivity contribution in [2.75, 3.05) is 7.11 Å². The molecular formula is C9H12O2. The van der Waals surface area contributed by atoms with Crippen molar-refractivity contribution in [1.82, 2.24) is 0 Å². The fourth-order valence-electron chi connectivity index (χ4n) is 2.19. The lowest BCUT2D eigenvalue weighted by molar-refractivity contribution is -0.136. The monoisotopic (exact) mass is 152 g/mol. The van der Waals surface area contributed by atoms with Gasteiger partial charge < -0.3 is 4.74 Å². The SMILES string of the molecule is COC(=O)C1=C[C@H]2CC[C@H]1C2. The van der Waals surface area contributed by atoms with Gasteiger partial charge in [0.15, 0.2) is 0 Å². The summed E-state index contributed by atoms with van der Waals surface area (Å²) in [5.41, 5.74) is 0.934. The third-order valence-corrected chi connectivity index (χ3v) is 2.75. The van der Waals surface area contributed by atoms with Crippen LogP contribution in [-0.2, 0) is 9.53 Å². The summed E-state index contributed by atoms with van der Waals surface area (Å²) in [7, 11) is 1.45. The highest BCUT2D eigenvalue weighted by Gasteiger charge is 2.36. The van der Waals surface area contributed by atoms with E-state index in [1.807, 2.05) is 0 Å². The van der Waals surface area contributed by atoms with E-state index in [2.05, 4.69) is 10.8 Å². The first-order valence-corrected chi connectivity index (χ1v) is 4.11. The molecule has 0 amide bonds. The van der Waals surface area contributed by atoms with E-state index >= 15 is 0 Å². The van der Waals surface area contributed by atoms with Gasteiger partial charge in [0.1, 0.15) is 0 Å². The van der Waals surface area contributed by atoms with Gasteiger partial charge in [0, 0.05) is 5.57 Å². The minimum Gasteiger partial charge on any atom is -0.466 e. The molecule has 2 atom stereocenters. The second-order valence-corrected chi connectivity index (χ2v) is 3.38. The summed E-state index contributed by atoms with van der Waals surface area (Å²) in [5, 5.41) is 0. The second-order valence-electron chi connectivity index (χ2n) is 3.38. The van der Waals surface area contributed by atoms with Gasteiger partial charge in [0.05, 0.1) is 7.11 Å². The van der Waals surface area contributed by atoms with Crippen LogP contribution < -0.4 is 0 Å². The molecule has 2 bridgehead atoms. The first-order chi connectivity index (χ1) is 5.31. The normalized spacial score (nSPS) is 33.7. The summed E-state index contributed by atoms with van der Waals surface area (Å²) in [6.07, 6.45) is 5.74. The van der Waals surface area contributed by atoms with Gasteiger partial charge in [-0.2, -0.15) is 0 Å². The standard InChI is InChI=1S/C9H12O2/c1-11-9(10)8-5-6-2-3-7(8)4-6/h5-7H,2-4H2,1H3/t6-,7-/m0/s1. The molecule has 2 aliphatic rings. The predicted octanol–water partition coefficient (Wildman–Crippen LogP) is 1.52. The Kier molecular flexibility index (Phi) is 1.48. The van der Waals surface area contributed by atoms with Crippen LogP contribution >= 0.6 is 0 Å². The van der Waals surface area contributed by atoms with Crippen LogP contribution in [0.2, 0.25) is 0 Å². The average Bonchev–Trinajstić information content (AvgIpc) is 2.62. The molecule has 1 fully saturated rings. The first kappa shape index (κ1) is 6.89. The number of esters is 1. The van der Waals surface area contributed by atoms with Crippen LogP contribution in [0.1, 0.15) is 19.3 Å². The summed E-state index contributed by atoms with van der Waals surface area (Å²) >= 11 is 0. The zero-order chi connectivity index (χ0) is 7.84. The van der Waals surface area contributed by atoms with Gasteiger partial charge >= 0.3 is 5.97 Å². The van der Waals surface area contributed by atoms with E-state index in [4.69, 9.17) is 0 Å². The lowest BCUT2D eigenvalue weighted by Gasteiger charge is -2.09. The number of carbonyl (C=O) groups excluding carboxylic acids is 1. The molecule has 0 radical (unpaired) electrons. The Morgan fingerprint density at radius 2 is 2.45 bits per heavy atom. The van der Waals surface area contributed by atoms with E-state index in [1.54, 1.807) is 0 Å². The molecule has 0 aliphatic heterocycles. The maximum atomic E-state index is 11.1. The van der Waals surface area contributed by atoms with E-state index in [1.165, 1.54) is 26.4 Å². The molecule has 0 aromatic carbocycles. The van der Waals surface area contributed by atoms with Crippen LogP contribution in [0.25, 0.3) is 0 Å². The molecule has 2 heteroatoms. The Bertz CT molecular complexity index is 218. The third-order valence-electron chi connectivity index (χ3n) is 2.75. The molecule has 60 valence electrons. The fraction of sp³-hybridized carbons (Fsp3) is 0.667. The van der Waals surface area contributed by atoms with Crippen LogP contribution in [0.15, 0.2) is 11.6 Å². The van der Waals surface area contributed by atoms with Crippen molar-refractivity contribution >= 4 is 5.97 Å². The van der Waals surface area contributed by atoms with Crippen LogP contribution in [0.4, 0.5) is 0 Å². The molecule has 0 unspecified atom stereocenters. The van der Waals surface area contributed by atoms with Crippen molar-refractivity contribution in [1.29, 1.82) is 0 Å². The van der Waals surface area contributed by atoms with E-state index < -0.39 is 0 Å². The highest BCUT2D eigenvalue weighted by molar-refractivity contribution is 5.89. The molecule has 2 nitrogen and oxygen atoms in total. The van der Waals surface area contributed by atoms with Crippen LogP contribution in [-0.4, -0.2) is 13.1 Å². The Morgan fingerprint density at radius 3 is 2.91 bits per heavy atom. The van der Waals surface area contributed by atoms with Crippen molar-refractivity contribution < 1.29 is 9.53 Å². The van der Waals surface area contributed by atoms with Gasteiger partial charge in [-0.3, -0.25) is 0 Å². The van der Waals surface area contributed by atoms with E-state index in [-0.39, 0.29) is 5.97 Å². The molecule has 11 heavy (non-hydrogen) atoms. The Labute approximate surface area is 66.2 Å². The maximum absolute atomic E-state index is 11.1. The van der Waals surface area contributed by atoms with Gasteiger partial charge in [0.2, 0.25) is 0 Å². The topological polar surface area (TPSA) is 26.3 Å². The Balaban J connectivity index is 2.16. The number of methoxy groups -OCH3 is 1. The molecule has 0 heterocycles. The molecule has 0 N–H and O–H groups in total. The van der Waals surface area contributed by atoms with Crippen molar-refractivity contribution in [3.8, 4) is 0 Å². The first-order valence-electron chi connectivity index (χ1n) is 4.11. The Morgan fingerprint density at radius 1 is 1.64 bits per heavy atom. The minimum absolute atomic E-state index is 0.114. The molecule has 0 spiro atoms. The second kappa shape index (κ2) is 2.36. The summed E-state index contributed by atoms with van der Waals surface area (Å²) in [6, 6.07) is 0. The zero-order valence-electron chi connectivity index (χ0n) is 6.67. The number of allylic oxidation sites excluding steroid dienone is 1. The third kappa shape index (κ3) is 0.971. The highest BCUT2D eigenvalue weighted by atomic mass is 16.5. The summed E-state index contributed by atoms with van der Waals surface area (Å²) in [6.45, 7) is 0. The van der Waals surface area contributed by atoms with Crippen molar-refractivity contribution in [3.63, 3.8) is 0 Å². The van der Waals surface area contributed by atoms with E-state index in [9.17, 15) is 4.79 Å². The highest BCUT2D eigenvalue weighted by Crippen LogP contribution is 2.43. The van der Waals surface area contributed by atoms with Gasteiger partial charge in [-0.15, -0.1) is 0 Å². The maximum Gasteiger partial charge on any atom is 0.333 e. The number of carbonyl (C=O) groups is 1. The molecule has 0 aromatic heterocycles. The quantitative estimate of drug-likeness (QED) is 0.532. The van der Waals surface area contributed by atoms with Crippen LogP contribution in [0, 0.1) is 11.8 Å². The molecule has 0 saturated heterocycles. The van der Waals surface area contributed by atoms with Crippen LogP contribution in [0.3, 0.4) is 0 Å². The van der Waals surface area contributed by atoms with Gasteiger partial charge in [0.25, 0.3) is 0 Å². The molecule has 2 rings (SSSR count). The zero-order valence-corrected chi connectivity index (χ0v) is 6.67. The summed E-state index contributed by atoms with van der Waals surface area (Å²) < 4.78 is 4.68. The van der Waals surface area contributed by atoms with Gasteiger partial charge in [-0.25, -0.2) is 4.79 Å². The smallest absolute Gasteiger partial charge is 0.333 e. The van der Waals surface area contributed by atoms with E-state index in [0.717, 1.165) is 5.57 Å². The summed E-state index contributed by atoms with van der Waals surface area (Å²) in [5.74, 6) is 1.08. The number of hydrogen-bond acceptors (Lipinski definition) is 2. The molecular weight excluding hydrogens is 140 g/mol. The molecule has 1 saturated carbocycles. The van der Waals surface area contributed by atoms with E-state index in [0.29, 0.717) is 11.8 Å². The predicted molar refractivity (Wildman–Crippen MR) is 40.9 cm³/mol. The number of ether oxygens (including phenoxy) is 1. The molecule has 0 aromatic rings. The minimum atomic E-state index is -0.114. The fourth-order valence-corrected chi connectivity index (χ4v) is 2.19. The lowest BCUT2D eigenvalue weighted by Crippen LogP contribution is -2.10. The largest absolute Gasteiger partial charge is 0.466 e. The van der Waals surface area contributed by atoms with Crippen molar-refractivity contribution in [3.05, 3.63) is 11.6 Å².